The molecule has 2 unspecified atom stereocenters. The third-order valence-electron chi connectivity index (χ3n) is 3.13. The molecule has 2 atom stereocenters. The maximum absolute atomic E-state index is 10.8. The van der Waals surface area contributed by atoms with Crippen molar-refractivity contribution in [3.8, 4) is 0 Å². The first-order chi connectivity index (χ1) is 7.18. The summed E-state index contributed by atoms with van der Waals surface area (Å²) in [6.45, 7) is 0. The van der Waals surface area contributed by atoms with Gasteiger partial charge in [-0.25, -0.2) is 4.79 Å². The Morgan fingerprint density at radius 2 is 2.20 bits per heavy atom. The minimum atomic E-state index is -0.872. The Balaban J connectivity index is 2.28. The zero-order valence-electron chi connectivity index (χ0n) is 8.52. The van der Waals surface area contributed by atoms with E-state index in [4.69, 9.17) is 10.8 Å². The molecule has 15 heavy (non-hydrogen) atoms. The van der Waals surface area contributed by atoms with Crippen LogP contribution in [0, 0.1) is 0 Å². The molecule has 1 aromatic rings. The summed E-state index contributed by atoms with van der Waals surface area (Å²) in [4.78, 5) is 10.8. The van der Waals surface area contributed by atoms with Crippen LogP contribution in [-0.4, -0.2) is 17.1 Å². The largest absolute Gasteiger partial charge is 0.478 e. The predicted molar refractivity (Wildman–Crippen MR) is 58.0 cm³/mol. The van der Waals surface area contributed by atoms with Crippen LogP contribution < -0.4 is 5.73 Å². The second-order valence-electron chi connectivity index (χ2n) is 4.13. The van der Waals surface area contributed by atoms with Crippen LogP contribution >= 0.6 is 0 Å². The lowest BCUT2D eigenvalue weighted by Crippen LogP contribution is -2.22. The zero-order valence-corrected chi connectivity index (χ0v) is 8.52. The molecule has 1 aliphatic rings. The predicted octanol–water partition coefficient (Wildman–Crippen LogP) is 1.98. The van der Waals surface area contributed by atoms with Crippen molar-refractivity contribution in [3.63, 3.8) is 0 Å². The fourth-order valence-corrected chi connectivity index (χ4v) is 2.30. The highest BCUT2D eigenvalue weighted by atomic mass is 16.4. The average Bonchev–Trinajstić information content (AvgIpc) is 2.64. The van der Waals surface area contributed by atoms with Crippen LogP contribution in [0.3, 0.4) is 0 Å². The van der Waals surface area contributed by atoms with Gasteiger partial charge in [-0.05, 0) is 36.5 Å². The van der Waals surface area contributed by atoms with E-state index in [1.807, 2.05) is 6.07 Å². The van der Waals surface area contributed by atoms with E-state index >= 15 is 0 Å². The van der Waals surface area contributed by atoms with Gasteiger partial charge in [0.05, 0.1) is 5.56 Å². The Kier molecular flexibility index (Phi) is 2.73. The Labute approximate surface area is 88.9 Å². The number of aromatic carboxylic acids is 1. The summed E-state index contributed by atoms with van der Waals surface area (Å²) in [6.07, 6.45) is 3.26. The Bertz CT molecular complexity index is 376. The molecule has 3 nitrogen and oxygen atoms in total. The van der Waals surface area contributed by atoms with Gasteiger partial charge in [0, 0.05) is 6.04 Å². The minimum absolute atomic E-state index is 0.189. The van der Waals surface area contributed by atoms with Crippen molar-refractivity contribution in [1.29, 1.82) is 0 Å². The molecule has 3 heteroatoms. The van der Waals surface area contributed by atoms with E-state index in [2.05, 4.69) is 0 Å². The molecule has 2 rings (SSSR count). The first kappa shape index (κ1) is 10.2. The summed E-state index contributed by atoms with van der Waals surface area (Å²) in [6, 6.07) is 7.32. The Morgan fingerprint density at radius 3 is 2.80 bits per heavy atom. The first-order valence-electron chi connectivity index (χ1n) is 5.27. The standard InChI is InChI=1S/C12H15NO2/c13-11-6-2-5-10(11)8-3-1-4-9(7-8)12(14)15/h1,3-4,7,10-11H,2,5-6,13H2,(H,14,15). The summed E-state index contributed by atoms with van der Waals surface area (Å²) in [5, 5.41) is 8.89. The number of benzene rings is 1. The van der Waals surface area contributed by atoms with E-state index in [-0.39, 0.29) is 6.04 Å². The number of hydrogen-bond donors (Lipinski definition) is 2. The maximum Gasteiger partial charge on any atom is 0.335 e. The van der Waals surface area contributed by atoms with Gasteiger partial charge in [-0.1, -0.05) is 18.6 Å². The number of hydrogen-bond acceptors (Lipinski definition) is 2. The average molecular weight is 205 g/mol. The third-order valence-corrected chi connectivity index (χ3v) is 3.13. The molecule has 0 aliphatic heterocycles. The molecule has 1 fully saturated rings. The van der Waals surface area contributed by atoms with E-state index in [0.29, 0.717) is 11.5 Å². The summed E-state index contributed by atoms with van der Waals surface area (Å²) in [5.41, 5.74) is 7.41. The van der Waals surface area contributed by atoms with Crippen molar-refractivity contribution in [2.75, 3.05) is 0 Å². The summed E-state index contributed by atoms with van der Waals surface area (Å²) in [5.74, 6) is -0.535. The Hall–Kier alpha value is -1.35. The van der Waals surface area contributed by atoms with E-state index in [1.165, 1.54) is 0 Å². The molecule has 0 amide bonds. The van der Waals surface area contributed by atoms with Gasteiger partial charge in [0.25, 0.3) is 0 Å². The Morgan fingerprint density at radius 1 is 1.40 bits per heavy atom. The number of carboxylic acids is 1. The molecule has 1 aromatic carbocycles. The van der Waals surface area contributed by atoms with Crippen LogP contribution in [0.2, 0.25) is 0 Å². The smallest absolute Gasteiger partial charge is 0.335 e. The number of carboxylic acid groups (broad SMARTS) is 1. The highest BCUT2D eigenvalue weighted by Gasteiger charge is 2.25. The van der Waals surface area contributed by atoms with E-state index in [9.17, 15) is 4.79 Å². The second kappa shape index (κ2) is 4.03. The fraction of sp³-hybridized carbons (Fsp3) is 0.417. The molecule has 0 heterocycles. The quantitative estimate of drug-likeness (QED) is 0.776. The lowest BCUT2D eigenvalue weighted by molar-refractivity contribution is 0.0696. The van der Waals surface area contributed by atoms with Gasteiger partial charge in [-0.15, -0.1) is 0 Å². The number of rotatable bonds is 2. The van der Waals surface area contributed by atoms with Gasteiger partial charge in [-0.2, -0.15) is 0 Å². The molecule has 1 saturated carbocycles. The van der Waals surface area contributed by atoms with Crippen LogP contribution in [0.15, 0.2) is 24.3 Å². The molecule has 0 bridgehead atoms. The van der Waals surface area contributed by atoms with Crippen LogP contribution in [0.5, 0.6) is 0 Å². The molecular weight excluding hydrogens is 190 g/mol. The van der Waals surface area contributed by atoms with E-state index < -0.39 is 5.97 Å². The van der Waals surface area contributed by atoms with Crippen LogP contribution in [-0.2, 0) is 0 Å². The second-order valence-corrected chi connectivity index (χ2v) is 4.13. The van der Waals surface area contributed by atoms with Gasteiger partial charge < -0.3 is 10.8 Å². The molecule has 3 N–H and O–H groups in total. The van der Waals surface area contributed by atoms with Crippen molar-refractivity contribution in [3.05, 3.63) is 35.4 Å². The molecule has 0 spiro atoms. The molecule has 0 radical (unpaired) electrons. The molecule has 0 saturated heterocycles. The number of nitrogens with two attached hydrogens (primary N) is 1. The number of carbonyl (C=O) groups is 1. The minimum Gasteiger partial charge on any atom is -0.478 e. The summed E-state index contributed by atoms with van der Waals surface area (Å²) in [7, 11) is 0. The molecule has 80 valence electrons. The van der Waals surface area contributed by atoms with Gasteiger partial charge in [0.15, 0.2) is 0 Å². The highest BCUT2D eigenvalue weighted by molar-refractivity contribution is 5.87. The zero-order chi connectivity index (χ0) is 10.8. The third kappa shape index (κ3) is 2.02. The van der Waals surface area contributed by atoms with E-state index in [1.54, 1.807) is 18.2 Å². The SMILES string of the molecule is NC1CCCC1c1cccc(C(=O)O)c1. The van der Waals surface area contributed by atoms with Crippen LogP contribution in [0.25, 0.3) is 0 Å². The first-order valence-corrected chi connectivity index (χ1v) is 5.27. The van der Waals surface area contributed by atoms with Gasteiger partial charge in [0.2, 0.25) is 0 Å². The summed E-state index contributed by atoms with van der Waals surface area (Å²) < 4.78 is 0. The van der Waals surface area contributed by atoms with Crippen LogP contribution in [0.4, 0.5) is 0 Å². The van der Waals surface area contributed by atoms with Crippen molar-refractivity contribution >= 4 is 5.97 Å². The fourth-order valence-electron chi connectivity index (χ4n) is 2.30. The van der Waals surface area contributed by atoms with Crippen molar-refractivity contribution in [2.24, 2.45) is 5.73 Å². The van der Waals surface area contributed by atoms with Crippen molar-refractivity contribution in [1.82, 2.24) is 0 Å². The topological polar surface area (TPSA) is 63.3 Å². The van der Waals surface area contributed by atoms with E-state index in [0.717, 1.165) is 24.8 Å². The lowest BCUT2D eigenvalue weighted by Gasteiger charge is -2.15. The van der Waals surface area contributed by atoms with Crippen molar-refractivity contribution < 1.29 is 9.90 Å². The monoisotopic (exact) mass is 205 g/mol. The lowest BCUT2D eigenvalue weighted by atomic mass is 9.93. The van der Waals surface area contributed by atoms with Crippen LogP contribution in [0.1, 0.15) is 41.1 Å². The molecule has 0 aromatic heterocycles. The van der Waals surface area contributed by atoms with Gasteiger partial charge in [-0.3, -0.25) is 0 Å². The van der Waals surface area contributed by atoms with Crippen molar-refractivity contribution in [2.45, 2.75) is 31.2 Å². The van der Waals surface area contributed by atoms with Gasteiger partial charge in [0.1, 0.15) is 0 Å². The highest BCUT2D eigenvalue weighted by Crippen LogP contribution is 2.33. The van der Waals surface area contributed by atoms with Gasteiger partial charge >= 0.3 is 5.97 Å². The molecular formula is C12H15NO2. The molecule has 1 aliphatic carbocycles. The normalized spacial score (nSPS) is 25.4. The summed E-state index contributed by atoms with van der Waals surface area (Å²) >= 11 is 0. The maximum atomic E-state index is 10.8.